The maximum absolute atomic E-state index is 5.87. The van der Waals surface area contributed by atoms with Crippen molar-refractivity contribution in [2.75, 3.05) is 6.61 Å². The first-order chi connectivity index (χ1) is 9.25. The molecule has 1 unspecified atom stereocenters. The fourth-order valence-electron chi connectivity index (χ4n) is 1.99. The van der Waals surface area contributed by atoms with Crippen molar-refractivity contribution in [3.63, 3.8) is 0 Å². The van der Waals surface area contributed by atoms with Crippen molar-refractivity contribution in [3.05, 3.63) is 59.9 Å². The third-order valence-electron chi connectivity index (χ3n) is 2.91. The molecule has 3 nitrogen and oxygen atoms in total. The highest BCUT2D eigenvalue weighted by Gasteiger charge is 2.05. The summed E-state index contributed by atoms with van der Waals surface area (Å²) in [7, 11) is 0. The van der Waals surface area contributed by atoms with Gasteiger partial charge in [-0.05, 0) is 42.7 Å². The lowest BCUT2D eigenvalue weighted by molar-refractivity contribution is 0.318. The van der Waals surface area contributed by atoms with Crippen molar-refractivity contribution < 1.29 is 4.74 Å². The second-order valence-corrected chi connectivity index (χ2v) is 4.74. The Morgan fingerprint density at radius 1 is 1.16 bits per heavy atom. The molecule has 1 atom stereocenters. The molecule has 2 N–H and O–H groups in total. The van der Waals surface area contributed by atoms with Crippen LogP contribution in [0.15, 0.2) is 48.8 Å². The molecular formula is C16H20N2O. The van der Waals surface area contributed by atoms with Crippen LogP contribution in [0.3, 0.4) is 0 Å². The summed E-state index contributed by atoms with van der Waals surface area (Å²) in [5.41, 5.74) is 8.26. The number of hydrogen-bond acceptors (Lipinski definition) is 3. The van der Waals surface area contributed by atoms with Gasteiger partial charge in [-0.3, -0.25) is 4.98 Å². The minimum atomic E-state index is 0.143. The van der Waals surface area contributed by atoms with E-state index in [1.807, 2.05) is 37.3 Å². The zero-order valence-electron chi connectivity index (χ0n) is 11.3. The molecule has 0 aliphatic rings. The number of nitrogens with two attached hydrogens (primary N) is 1. The molecule has 0 aliphatic carbocycles. The molecule has 1 aromatic carbocycles. The van der Waals surface area contributed by atoms with E-state index < -0.39 is 0 Å². The summed E-state index contributed by atoms with van der Waals surface area (Å²) in [5.74, 6) is 0.939. The van der Waals surface area contributed by atoms with E-state index in [9.17, 15) is 0 Å². The van der Waals surface area contributed by atoms with Gasteiger partial charge in [-0.25, -0.2) is 0 Å². The molecule has 0 saturated heterocycles. The number of para-hydroxylation sites is 1. The fraction of sp³-hybridized carbons (Fsp3) is 0.312. The molecule has 0 spiro atoms. The average Bonchev–Trinajstić information content (AvgIpc) is 2.41. The van der Waals surface area contributed by atoms with Gasteiger partial charge >= 0.3 is 0 Å². The van der Waals surface area contributed by atoms with E-state index in [1.165, 1.54) is 11.1 Å². The molecular weight excluding hydrogens is 236 g/mol. The van der Waals surface area contributed by atoms with E-state index in [2.05, 4.69) is 11.1 Å². The van der Waals surface area contributed by atoms with Crippen LogP contribution in [0, 0.1) is 0 Å². The van der Waals surface area contributed by atoms with Crippen LogP contribution in [0.2, 0.25) is 0 Å². The molecule has 0 bridgehead atoms. The zero-order chi connectivity index (χ0) is 13.5. The van der Waals surface area contributed by atoms with Crippen LogP contribution < -0.4 is 10.5 Å². The Labute approximate surface area is 114 Å². The predicted molar refractivity (Wildman–Crippen MR) is 77.2 cm³/mol. The maximum atomic E-state index is 5.87. The summed E-state index contributed by atoms with van der Waals surface area (Å²) >= 11 is 0. The van der Waals surface area contributed by atoms with Crippen LogP contribution in [0.5, 0.6) is 5.75 Å². The summed E-state index contributed by atoms with van der Waals surface area (Å²) in [5, 5.41) is 0. The van der Waals surface area contributed by atoms with Crippen LogP contribution in [0.1, 0.15) is 18.1 Å². The highest BCUT2D eigenvalue weighted by atomic mass is 16.5. The molecule has 0 amide bonds. The van der Waals surface area contributed by atoms with Crippen molar-refractivity contribution >= 4 is 0 Å². The van der Waals surface area contributed by atoms with Crippen LogP contribution in [-0.2, 0) is 12.8 Å². The maximum Gasteiger partial charge on any atom is 0.122 e. The Kier molecular flexibility index (Phi) is 4.93. The van der Waals surface area contributed by atoms with Gasteiger partial charge in [0.05, 0.1) is 6.61 Å². The van der Waals surface area contributed by atoms with Crippen molar-refractivity contribution in [1.29, 1.82) is 0 Å². The Balaban J connectivity index is 1.92. The minimum Gasteiger partial charge on any atom is -0.493 e. The van der Waals surface area contributed by atoms with Gasteiger partial charge < -0.3 is 10.5 Å². The summed E-state index contributed by atoms with van der Waals surface area (Å²) in [6.07, 6.45) is 5.33. The number of aromatic nitrogens is 1. The molecule has 1 heterocycles. The molecule has 2 aromatic rings. The van der Waals surface area contributed by atoms with Crippen LogP contribution in [0.25, 0.3) is 0 Å². The Morgan fingerprint density at radius 3 is 2.63 bits per heavy atom. The van der Waals surface area contributed by atoms with Crippen LogP contribution in [0.4, 0.5) is 0 Å². The minimum absolute atomic E-state index is 0.143. The number of hydrogen-bond donors (Lipinski definition) is 1. The Morgan fingerprint density at radius 2 is 1.89 bits per heavy atom. The van der Waals surface area contributed by atoms with Gasteiger partial charge in [0.25, 0.3) is 0 Å². The standard InChI is InChI=1S/C16H20N2O/c1-13(17)12-15-4-2-3-5-16(15)19-11-8-14-6-9-18-10-7-14/h2-7,9-10,13H,8,11-12,17H2,1H3. The molecule has 1 aromatic heterocycles. The van der Waals surface area contributed by atoms with Crippen LogP contribution >= 0.6 is 0 Å². The zero-order valence-corrected chi connectivity index (χ0v) is 11.3. The first-order valence-corrected chi connectivity index (χ1v) is 6.61. The second-order valence-electron chi connectivity index (χ2n) is 4.74. The average molecular weight is 256 g/mol. The van der Waals surface area contributed by atoms with Crippen molar-refractivity contribution in [2.45, 2.75) is 25.8 Å². The van der Waals surface area contributed by atoms with Crippen LogP contribution in [-0.4, -0.2) is 17.6 Å². The van der Waals surface area contributed by atoms with Crippen molar-refractivity contribution in [1.82, 2.24) is 4.98 Å². The molecule has 2 rings (SSSR count). The molecule has 3 heteroatoms. The Hall–Kier alpha value is -1.87. The van der Waals surface area contributed by atoms with E-state index >= 15 is 0 Å². The Bertz CT molecular complexity index is 497. The second kappa shape index (κ2) is 6.90. The number of nitrogens with zero attached hydrogens (tertiary/aromatic N) is 1. The topological polar surface area (TPSA) is 48.1 Å². The van der Waals surface area contributed by atoms with E-state index in [1.54, 1.807) is 12.4 Å². The van der Waals surface area contributed by atoms with Gasteiger partial charge in [0.2, 0.25) is 0 Å². The first-order valence-electron chi connectivity index (χ1n) is 6.61. The van der Waals surface area contributed by atoms with Gasteiger partial charge in [-0.1, -0.05) is 18.2 Å². The SMILES string of the molecule is CC(N)Cc1ccccc1OCCc1ccncc1. The molecule has 100 valence electrons. The summed E-state index contributed by atoms with van der Waals surface area (Å²) in [6.45, 7) is 2.67. The van der Waals surface area contributed by atoms with Gasteiger partial charge in [0, 0.05) is 24.9 Å². The summed E-state index contributed by atoms with van der Waals surface area (Å²) < 4.78 is 5.87. The molecule has 0 saturated carbocycles. The number of ether oxygens (including phenoxy) is 1. The third kappa shape index (κ3) is 4.38. The van der Waals surface area contributed by atoms with Gasteiger partial charge in [0.15, 0.2) is 0 Å². The molecule has 0 aliphatic heterocycles. The summed E-state index contributed by atoms with van der Waals surface area (Å²) in [6, 6.07) is 12.3. The van der Waals surface area contributed by atoms with E-state index in [4.69, 9.17) is 10.5 Å². The van der Waals surface area contributed by atoms with Gasteiger partial charge in [-0.15, -0.1) is 0 Å². The first kappa shape index (κ1) is 13.6. The third-order valence-corrected chi connectivity index (χ3v) is 2.91. The largest absolute Gasteiger partial charge is 0.493 e. The van der Waals surface area contributed by atoms with E-state index in [0.29, 0.717) is 6.61 Å². The van der Waals surface area contributed by atoms with E-state index in [0.717, 1.165) is 18.6 Å². The number of pyridine rings is 1. The fourth-order valence-corrected chi connectivity index (χ4v) is 1.99. The van der Waals surface area contributed by atoms with Crippen molar-refractivity contribution in [2.24, 2.45) is 5.73 Å². The molecule has 0 radical (unpaired) electrons. The highest BCUT2D eigenvalue weighted by molar-refractivity contribution is 5.34. The van der Waals surface area contributed by atoms with E-state index in [-0.39, 0.29) is 6.04 Å². The normalized spacial score (nSPS) is 12.1. The highest BCUT2D eigenvalue weighted by Crippen LogP contribution is 2.19. The lowest BCUT2D eigenvalue weighted by Gasteiger charge is -2.13. The quantitative estimate of drug-likeness (QED) is 0.864. The van der Waals surface area contributed by atoms with Gasteiger partial charge in [-0.2, -0.15) is 0 Å². The predicted octanol–water partition coefficient (Wildman–Crippen LogP) is 2.59. The monoisotopic (exact) mass is 256 g/mol. The van der Waals surface area contributed by atoms with Crippen molar-refractivity contribution in [3.8, 4) is 5.75 Å². The van der Waals surface area contributed by atoms with Gasteiger partial charge in [0.1, 0.15) is 5.75 Å². The number of rotatable bonds is 6. The smallest absolute Gasteiger partial charge is 0.122 e. The molecule has 0 fully saturated rings. The lowest BCUT2D eigenvalue weighted by atomic mass is 10.1. The molecule has 19 heavy (non-hydrogen) atoms. The number of benzene rings is 1. The summed E-state index contributed by atoms with van der Waals surface area (Å²) in [4.78, 5) is 4.00. The lowest BCUT2D eigenvalue weighted by Crippen LogP contribution is -2.18.